The van der Waals surface area contributed by atoms with Crippen molar-refractivity contribution in [2.45, 2.75) is 25.8 Å². The molecular weight excluding hydrogens is 250 g/mol. The molecular formula is C14H18F2N2O. The minimum absolute atomic E-state index is 0.00427. The molecule has 104 valence electrons. The summed E-state index contributed by atoms with van der Waals surface area (Å²) in [5, 5.41) is 2.83. The number of rotatable bonds is 3. The smallest absolute Gasteiger partial charge is 0.234 e. The Hall–Kier alpha value is -1.49. The van der Waals surface area contributed by atoms with Gasteiger partial charge in [-0.15, -0.1) is 0 Å². The third-order valence-corrected chi connectivity index (χ3v) is 3.56. The Kier molecular flexibility index (Phi) is 3.85. The number of hydrogen-bond acceptors (Lipinski definition) is 2. The van der Waals surface area contributed by atoms with Crippen LogP contribution in [0.2, 0.25) is 0 Å². The molecule has 0 atom stereocenters. The van der Waals surface area contributed by atoms with Gasteiger partial charge < -0.3 is 5.32 Å². The fourth-order valence-corrected chi connectivity index (χ4v) is 2.21. The lowest BCUT2D eigenvalue weighted by Gasteiger charge is -2.42. The highest BCUT2D eigenvalue weighted by molar-refractivity contribution is 5.79. The summed E-state index contributed by atoms with van der Waals surface area (Å²) in [5.41, 5.74) is 0.618. The molecule has 1 N–H and O–H groups in total. The van der Waals surface area contributed by atoms with Crippen LogP contribution in [0.15, 0.2) is 18.2 Å². The fourth-order valence-electron chi connectivity index (χ4n) is 2.21. The number of benzene rings is 1. The van der Waals surface area contributed by atoms with E-state index in [4.69, 9.17) is 0 Å². The van der Waals surface area contributed by atoms with Crippen LogP contribution in [0.1, 0.15) is 19.4 Å². The number of nitrogens with one attached hydrogen (secondary N) is 1. The van der Waals surface area contributed by atoms with Crippen LogP contribution < -0.4 is 5.32 Å². The van der Waals surface area contributed by atoms with Crippen molar-refractivity contribution in [2.24, 2.45) is 0 Å². The van der Waals surface area contributed by atoms with E-state index in [-0.39, 0.29) is 11.4 Å². The number of hydrogen-bond donors (Lipinski definition) is 1. The largest absolute Gasteiger partial charge is 0.353 e. The van der Waals surface area contributed by atoms with Gasteiger partial charge in [0.2, 0.25) is 5.91 Å². The van der Waals surface area contributed by atoms with Crippen molar-refractivity contribution in [2.75, 3.05) is 19.6 Å². The van der Waals surface area contributed by atoms with Crippen molar-refractivity contribution in [3.05, 3.63) is 35.4 Å². The van der Waals surface area contributed by atoms with E-state index in [1.165, 1.54) is 6.07 Å². The molecule has 1 aliphatic rings. The van der Waals surface area contributed by atoms with Crippen molar-refractivity contribution in [3.63, 3.8) is 0 Å². The van der Waals surface area contributed by atoms with Gasteiger partial charge in [0, 0.05) is 18.6 Å². The second-order valence-electron chi connectivity index (χ2n) is 5.51. The Morgan fingerprint density at radius 2 is 2.05 bits per heavy atom. The van der Waals surface area contributed by atoms with Crippen molar-refractivity contribution < 1.29 is 13.6 Å². The predicted octanol–water partition coefficient (Wildman–Crippen LogP) is 1.72. The van der Waals surface area contributed by atoms with Gasteiger partial charge in [0.25, 0.3) is 0 Å². The molecule has 1 aromatic carbocycles. The van der Waals surface area contributed by atoms with Gasteiger partial charge in [0.05, 0.1) is 6.54 Å². The highest BCUT2D eigenvalue weighted by Gasteiger charge is 2.32. The quantitative estimate of drug-likeness (QED) is 0.905. The van der Waals surface area contributed by atoms with Gasteiger partial charge in [-0.05, 0) is 38.0 Å². The normalized spacial score (nSPS) is 19.3. The first kappa shape index (κ1) is 13.9. The number of carbonyl (C=O) groups excluding carboxylic acids is 1. The molecule has 0 bridgehead atoms. The van der Waals surface area contributed by atoms with E-state index in [9.17, 15) is 13.6 Å². The molecule has 0 aliphatic carbocycles. The number of piperazine rings is 1. The summed E-state index contributed by atoms with van der Waals surface area (Å²) in [4.78, 5) is 13.5. The summed E-state index contributed by atoms with van der Waals surface area (Å²) >= 11 is 0. The number of nitrogens with zero attached hydrogens (tertiary/aromatic N) is 1. The first-order chi connectivity index (χ1) is 8.88. The van der Waals surface area contributed by atoms with Gasteiger partial charge in [0.15, 0.2) is 11.6 Å². The Labute approximate surface area is 111 Å². The van der Waals surface area contributed by atoms with E-state index < -0.39 is 11.6 Å². The third kappa shape index (κ3) is 3.29. The lowest BCUT2D eigenvalue weighted by atomic mass is 9.99. The number of amides is 1. The number of halogens is 2. The maximum Gasteiger partial charge on any atom is 0.234 e. The van der Waals surface area contributed by atoms with Crippen LogP contribution in [-0.2, 0) is 11.2 Å². The zero-order valence-corrected chi connectivity index (χ0v) is 11.2. The number of carbonyl (C=O) groups is 1. The van der Waals surface area contributed by atoms with Crippen molar-refractivity contribution in [3.8, 4) is 0 Å². The maximum atomic E-state index is 13.1. The molecule has 1 fully saturated rings. The van der Waals surface area contributed by atoms with Crippen LogP contribution in [0, 0.1) is 11.6 Å². The summed E-state index contributed by atoms with van der Waals surface area (Å²) in [7, 11) is 0. The van der Waals surface area contributed by atoms with E-state index in [1.807, 2.05) is 0 Å². The van der Waals surface area contributed by atoms with Gasteiger partial charge >= 0.3 is 0 Å². The molecule has 0 saturated carbocycles. The summed E-state index contributed by atoms with van der Waals surface area (Å²) in [5.74, 6) is -1.65. The van der Waals surface area contributed by atoms with Crippen molar-refractivity contribution in [1.29, 1.82) is 0 Å². The van der Waals surface area contributed by atoms with Crippen LogP contribution in [0.4, 0.5) is 8.78 Å². The van der Waals surface area contributed by atoms with E-state index in [0.29, 0.717) is 26.1 Å². The monoisotopic (exact) mass is 268 g/mol. The molecule has 0 spiro atoms. The molecule has 19 heavy (non-hydrogen) atoms. The SMILES string of the molecule is CC1(C)CNC(=O)CN1CCc1ccc(F)c(F)c1. The highest BCUT2D eigenvalue weighted by Crippen LogP contribution is 2.18. The Morgan fingerprint density at radius 1 is 1.32 bits per heavy atom. The molecule has 1 aliphatic heterocycles. The van der Waals surface area contributed by atoms with Gasteiger partial charge in [0.1, 0.15) is 0 Å². The van der Waals surface area contributed by atoms with Gasteiger partial charge in [-0.25, -0.2) is 8.78 Å². The molecule has 5 heteroatoms. The molecule has 1 heterocycles. The molecule has 3 nitrogen and oxygen atoms in total. The van der Waals surface area contributed by atoms with E-state index in [1.54, 1.807) is 6.07 Å². The van der Waals surface area contributed by atoms with Crippen LogP contribution >= 0.6 is 0 Å². The van der Waals surface area contributed by atoms with Crippen LogP contribution in [-0.4, -0.2) is 36.0 Å². The average Bonchev–Trinajstić information content (AvgIpc) is 2.35. The Balaban J connectivity index is 2.00. The summed E-state index contributed by atoms with van der Waals surface area (Å²) in [6.45, 7) is 5.70. The standard InChI is InChI=1S/C14H18F2N2O/c1-14(2)9-17-13(19)8-18(14)6-5-10-3-4-11(15)12(16)7-10/h3-4,7H,5-6,8-9H2,1-2H3,(H,17,19). The molecule has 0 radical (unpaired) electrons. The summed E-state index contributed by atoms with van der Waals surface area (Å²) in [6, 6.07) is 3.93. The minimum Gasteiger partial charge on any atom is -0.353 e. The van der Waals surface area contributed by atoms with Crippen LogP contribution in [0.25, 0.3) is 0 Å². The van der Waals surface area contributed by atoms with Crippen LogP contribution in [0.3, 0.4) is 0 Å². The predicted molar refractivity (Wildman–Crippen MR) is 68.7 cm³/mol. The molecule has 1 amide bonds. The zero-order valence-electron chi connectivity index (χ0n) is 11.2. The van der Waals surface area contributed by atoms with Gasteiger partial charge in [-0.1, -0.05) is 6.07 Å². The molecule has 0 aromatic heterocycles. The molecule has 2 rings (SSSR count). The second-order valence-corrected chi connectivity index (χ2v) is 5.51. The average molecular weight is 268 g/mol. The van der Waals surface area contributed by atoms with Crippen molar-refractivity contribution in [1.82, 2.24) is 10.2 Å². The van der Waals surface area contributed by atoms with Crippen molar-refractivity contribution >= 4 is 5.91 Å². The zero-order chi connectivity index (χ0) is 14.0. The lowest BCUT2D eigenvalue weighted by molar-refractivity contribution is -0.127. The van der Waals surface area contributed by atoms with E-state index in [2.05, 4.69) is 24.1 Å². The first-order valence-corrected chi connectivity index (χ1v) is 6.34. The first-order valence-electron chi connectivity index (χ1n) is 6.34. The molecule has 1 saturated heterocycles. The second kappa shape index (κ2) is 5.25. The summed E-state index contributed by atoms with van der Waals surface area (Å²) < 4.78 is 25.9. The highest BCUT2D eigenvalue weighted by atomic mass is 19.2. The molecule has 0 unspecified atom stereocenters. The molecule has 1 aromatic rings. The van der Waals surface area contributed by atoms with Gasteiger partial charge in [-0.2, -0.15) is 0 Å². The fraction of sp³-hybridized carbons (Fsp3) is 0.500. The lowest BCUT2D eigenvalue weighted by Crippen LogP contribution is -2.60. The topological polar surface area (TPSA) is 32.3 Å². The Bertz CT molecular complexity index is 488. The van der Waals surface area contributed by atoms with Crippen LogP contribution in [0.5, 0.6) is 0 Å². The minimum atomic E-state index is -0.832. The summed E-state index contributed by atoms with van der Waals surface area (Å²) in [6.07, 6.45) is 0.591. The van der Waals surface area contributed by atoms with E-state index >= 15 is 0 Å². The Morgan fingerprint density at radius 3 is 2.74 bits per heavy atom. The third-order valence-electron chi connectivity index (χ3n) is 3.56. The van der Waals surface area contributed by atoms with E-state index in [0.717, 1.165) is 11.6 Å². The van der Waals surface area contributed by atoms with Gasteiger partial charge in [-0.3, -0.25) is 9.69 Å². The maximum absolute atomic E-state index is 13.1.